The fourth-order valence-electron chi connectivity index (χ4n) is 3.16. The minimum absolute atomic E-state index is 0.0981. The maximum atomic E-state index is 11.5. The average Bonchev–Trinajstić information content (AvgIpc) is 2.97. The van der Waals surface area contributed by atoms with E-state index in [1.807, 2.05) is 0 Å². The molecule has 22 heavy (non-hydrogen) atoms. The Balaban J connectivity index is 1.78. The van der Waals surface area contributed by atoms with Gasteiger partial charge in [0.05, 0.1) is 11.6 Å². The summed E-state index contributed by atoms with van der Waals surface area (Å²) in [7, 11) is -3.86. The van der Waals surface area contributed by atoms with Gasteiger partial charge >= 0.3 is 0 Å². The molecule has 0 aromatic heterocycles. The number of nitrogens with zero attached hydrogens (tertiary/aromatic N) is 1. The van der Waals surface area contributed by atoms with Gasteiger partial charge in [0.2, 0.25) is 15.9 Å². The molecule has 0 radical (unpaired) electrons. The van der Waals surface area contributed by atoms with Crippen molar-refractivity contribution < 1.29 is 13.2 Å². The molecule has 1 aliphatic heterocycles. The first-order valence-corrected chi connectivity index (χ1v) is 9.41. The number of ether oxygens (including phenoxy) is 1. The van der Waals surface area contributed by atoms with Crippen LogP contribution in [0.3, 0.4) is 0 Å². The highest BCUT2D eigenvalue weighted by Gasteiger charge is 2.30. The van der Waals surface area contributed by atoms with Gasteiger partial charge in [0, 0.05) is 5.56 Å². The van der Waals surface area contributed by atoms with Gasteiger partial charge in [-0.3, -0.25) is 0 Å². The average molecular weight is 343 g/mol. The van der Waals surface area contributed by atoms with Gasteiger partial charge in [-0.2, -0.15) is 0 Å². The fraction of sp³-hybridized carbons (Fsp3) is 0.533. The van der Waals surface area contributed by atoms with Crippen LogP contribution < -0.4 is 5.14 Å². The summed E-state index contributed by atoms with van der Waals surface area (Å²) >= 11 is 5.90. The molecular weight excluding hydrogens is 324 g/mol. The highest BCUT2D eigenvalue weighted by molar-refractivity contribution is 7.89. The normalized spacial score (nSPS) is 23.2. The smallest absolute Gasteiger partial charge is 0.239 e. The van der Waals surface area contributed by atoms with Crippen LogP contribution in [0, 0.1) is 5.92 Å². The summed E-state index contributed by atoms with van der Waals surface area (Å²) in [6.45, 7) is 0.632. The second-order valence-electron chi connectivity index (χ2n) is 5.89. The van der Waals surface area contributed by atoms with Crippen molar-refractivity contribution in [3.63, 3.8) is 0 Å². The third-order valence-corrected chi connectivity index (χ3v) is 5.73. The van der Waals surface area contributed by atoms with Gasteiger partial charge in [-0.25, -0.2) is 18.5 Å². The number of hydrogen-bond acceptors (Lipinski definition) is 4. The second kappa shape index (κ2) is 6.18. The van der Waals surface area contributed by atoms with E-state index in [4.69, 9.17) is 21.5 Å². The van der Waals surface area contributed by atoms with Crippen molar-refractivity contribution >= 4 is 27.5 Å². The van der Waals surface area contributed by atoms with E-state index < -0.39 is 10.0 Å². The number of hydrogen-bond donors (Lipinski definition) is 1. The van der Waals surface area contributed by atoms with Gasteiger partial charge < -0.3 is 4.74 Å². The first-order chi connectivity index (χ1) is 10.4. The molecular formula is C15H19ClN2O3S. The molecule has 5 nitrogen and oxygen atoms in total. The third-order valence-electron chi connectivity index (χ3n) is 4.34. The van der Waals surface area contributed by atoms with Gasteiger partial charge in [-0.05, 0) is 37.0 Å². The number of aliphatic imine (C=N–C) groups is 1. The summed E-state index contributed by atoms with van der Waals surface area (Å²) in [6.07, 6.45) is 6.25. The lowest BCUT2D eigenvalue weighted by Gasteiger charge is -2.26. The summed E-state index contributed by atoms with van der Waals surface area (Å²) in [5.41, 5.74) is 0.603. The van der Waals surface area contributed by atoms with Crippen molar-refractivity contribution in [2.75, 3.05) is 6.54 Å². The van der Waals surface area contributed by atoms with Gasteiger partial charge in [0.1, 0.15) is 11.0 Å². The van der Waals surface area contributed by atoms with E-state index in [9.17, 15) is 8.42 Å². The Bertz CT molecular complexity index is 697. The molecule has 120 valence electrons. The lowest BCUT2D eigenvalue weighted by atomic mass is 9.85. The standard InChI is InChI=1S/C15H19ClN2O3S/c16-12-7-6-11(8-14(12)22(17,19)20)15-18-9-13(21-15)10-4-2-1-3-5-10/h6-8,10,13H,1-5,9H2,(H2,17,19,20). The van der Waals surface area contributed by atoms with Crippen molar-refractivity contribution in [3.8, 4) is 0 Å². The van der Waals surface area contributed by atoms with Gasteiger partial charge in [0.25, 0.3) is 0 Å². The summed E-state index contributed by atoms with van der Waals surface area (Å²) in [5, 5.41) is 5.28. The van der Waals surface area contributed by atoms with E-state index in [0.29, 0.717) is 23.9 Å². The Morgan fingerprint density at radius 3 is 2.64 bits per heavy atom. The maximum absolute atomic E-state index is 11.5. The summed E-state index contributed by atoms with van der Waals surface area (Å²) in [4.78, 5) is 4.33. The first-order valence-electron chi connectivity index (χ1n) is 7.49. The summed E-state index contributed by atoms with van der Waals surface area (Å²) in [6, 6.07) is 4.65. The van der Waals surface area contributed by atoms with Crippen LogP contribution in [-0.4, -0.2) is 27.0 Å². The molecule has 0 spiro atoms. The number of nitrogens with two attached hydrogens (primary N) is 1. The SMILES string of the molecule is NS(=O)(=O)c1cc(C2=NCC(C3CCCCC3)O2)ccc1Cl. The van der Waals surface area contributed by atoms with E-state index in [-0.39, 0.29) is 16.0 Å². The summed E-state index contributed by atoms with van der Waals surface area (Å²) in [5.74, 6) is 1.03. The molecule has 1 aromatic rings. The van der Waals surface area contributed by atoms with Crippen LogP contribution in [0.2, 0.25) is 5.02 Å². The number of primary sulfonamides is 1. The van der Waals surface area contributed by atoms with Crippen molar-refractivity contribution in [2.24, 2.45) is 16.0 Å². The zero-order valence-electron chi connectivity index (χ0n) is 12.2. The van der Waals surface area contributed by atoms with Crippen LogP contribution in [-0.2, 0) is 14.8 Å². The molecule has 0 bridgehead atoms. The largest absolute Gasteiger partial charge is 0.472 e. The fourth-order valence-corrected chi connectivity index (χ4v) is 4.23. The molecule has 1 fully saturated rings. The molecule has 1 saturated carbocycles. The van der Waals surface area contributed by atoms with Crippen LogP contribution >= 0.6 is 11.6 Å². The molecule has 2 aliphatic rings. The van der Waals surface area contributed by atoms with Crippen molar-refractivity contribution in [2.45, 2.75) is 43.1 Å². The van der Waals surface area contributed by atoms with Crippen molar-refractivity contribution in [3.05, 3.63) is 28.8 Å². The number of sulfonamides is 1. The predicted molar refractivity (Wildman–Crippen MR) is 85.7 cm³/mol. The molecule has 2 N–H and O–H groups in total. The van der Waals surface area contributed by atoms with Crippen LogP contribution in [0.1, 0.15) is 37.7 Å². The zero-order chi connectivity index (χ0) is 15.7. The van der Waals surface area contributed by atoms with Crippen LogP contribution in [0.15, 0.2) is 28.1 Å². The second-order valence-corrected chi connectivity index (χ2v) is 7.83. The van der Waals surface area contributed by atoms with Crippen LogP contribution in [0.4, 0.5) is 0 Å². The quantitative estimate of drug-likeness (QED) is 0.916. The van der Waals surface area contributed by atoms with Crippen LogP contribution in [0.5, 0.6) is 0 Å². The van der Waals surface area contributed by atoms with E-state index in [0.717, 1.165) is 0 Å². The number of benzene rings is 1. The van der Waals surface area contributed by atoms with E-state index in [1.165, 1.54) is 44.2 Å². The minimum atomic E-state index is -3.86. The number of rotatable bonds is 3. The Morgan fingerprint density at radius 2 is 1.95 bits per heavy atom. The lowest BCUT2D eigenvalue weighted by Crippen LogP contribution is -2.26. The minimum Gasteiger partial charge on any atom is -0.472 e. The van der Waals surface area contributed by atoms with E-state index in [1.54, 1.807) is 6.07 Å². The van der Waals surface area contributed by atoms with Crippen molar-refractivity contribution in [1.29, 1.82) is 0 Å². The highest BCUT2D eigenvalue weighted by atomic mass is 35.5. The molecule has 1 aliphatic carbocycles. The predicted octanol–water partition coefficient (Wildman–Crippen LogP) is 2.71. The topological polar surface area (TPSA) is 81.8 Å². The van der Waals surface area contributed by atoms with Crippen molar-refractivity contribution in [1.82, 2.24) is 0 Å². The molecule has 1 unspecified atom stereocenters. The van der Waals surface area contributed by atoms with Gasteiger partial charge in [0.15, 0.2) is 0 Å². The molecule has 1 aromatic carbocycles. The Morgan fingerprint density at radius 1 is 1.23 bits per heavy atom. The van der Waals surface area contributed by atoms with Gasteiger partial charge in [-0.15, -0.1) is 0 Å². The molecule has 0 saturated heterocycles. The Hall–Kier alpha value is -1.11. The Labute approximate surface area is 135 Å². The monoisotopic (exact) mass is 342 g/mol. The first kappa shape index (κ1) is 15.8. The molecule has 7 heteroatoms. The van der Waals surface area contributed by atoms with Crippen LogP contribution in [0.25, 0.3) is 0 Å². The molecule has 1 atom stereocenters. The van der Waals surface area contributed by atoms with E-state index in [2.05, 4.69) is 4.99 Å². The maximum Gasteiger partial charge on any atom is 0.239 e. The highest BCUT2D eigenvalue weighted by Crippen LogP contribution is 2.31. The van der Waals surface area contributed by atoms with E-state index >= 15 is 0 Å². The molecule has 1 heterocycles. The molecule has 3 rings (SSSR count). The van der Waals surface area contributed by atoms with Gasteiger partial charge in [-0.1, -0.05) is 30.9 Å². The zero-order valence-corrected chi connectivity index (χ0v) is 13.7. The summed E-state index contributed by atoms with van der Waals surface area (Å²) < 4.78 is 29.1. The number of halogens is 1. The molecule has 0 amide bonds. The Kier molecular flexibility index (Phi) is 4.43. The lowest BCUT2D eigenvalue weighted by molar-refractivity contribution is 0.123. The third kappa shape index (κ3) is 3.29.